The van der Waals surface area contributed by atoms with Crippen LogP contribution in [0.5, 0.6) is 5.75 Å². The van der Waals surface area contributed by atoms with E-state index in [2.05, 4.69) is 10.1 Å². The first kappa shape index (κ1) is 18.7. The molecule has 2 heterocycles. The van der Waals surface area contributed by atoms with E-state index in [0.717, 1.165) is 28.8 Å². The summed E-state index contributed by atoms with van der Waals surface area (Å²) in [4.78, 5) is 4.39. The molecule has 1 aliphatic heterocycles. The van der Waals surface area contributed by atoms with Crippen LogP contribution in [0.4, 0.5) is 13.2 Å². The summed E-state index contributed by atoms with van der Waals surface area (Å²) in [5.41, 5.74) is 0.919. The summed E-state index contributed by atoms with van der Waals surface area (Å²) in [6.45, 7) is 0.159. The van der Waals surface area contributed by atoms with Crippen LogP contribution in [-0.4, -0.2) is 41.3 Å². The van der Waals surface area contributed by atoms with Crippen molar-refractivity contribution < 1.29 is 22.6 Å². The predicted octanol–water partition coefficient (Wildman–Crippen LogP) is 3.41. The van der Waals surface area contributed by atoms with Gasteiger partial charge in [0.25, 0.3) is 0 Å². The number of aromatic nitrogens is 3. The lowest BCUT2D eigenvalue weighted by molar-refractivity contribution is -0.143. The summed E-state index contributed by atoms with van der Waals surface area (Å²) < 4.78 is 50.2. The molecule has 2 aromatic rings. The van der Waals surface area contributed by atoms with E-state index in [1.54, 1.807) is 7.11 Å². The molecule has 5 nitrogen and oxygen atoms in total. The molecule has 1 aliphatic rings. The maximum atomic E-state index is 12.9. The molecule has 0 amide bonds. The Morgan fingerprint density at radius 1 is 1.27 bits per heavy atom. The fourth-order valence-electron chi connectivity index (χ4n) is 3.10. The lowest BCUT2D eigenvalue weighted by Crippen LogP contribution is -2.24. The maximum Gasteiger partial charge on any atom is 0.408 e. The third kappa shape index (κ3) is 5.20. The first-order valence-corrected chi connectivity index (χ1v) is 8.63. The minimum Gasteiger partial charge on any atom is -0.497 e. The molecule has 1 aromatic carbocycles. The van der Waals surface area contributed by atoms with Crippen molar-refractivity contribution in [2.45, 2.75) is 38.4 Å². The van der Waals surface area contributed by atoms with E-state index in [0.29, 0.717) is 37.7 Å². The molecule has 1 unspecified atom stereocenters. The largest absolute Gasteiger partial charge is 0.497 e. The highest BCUT2D eigenvalue weighted by molar-refractivity contribution is 5.28. The molecule has 1 saturated heterocycles. The third-order valence-electron chi connectivity index (χ3n) is 4.37. The minimum absolute atomic E-state index is 0.189. The van der Waals surface area contributed by atoms with Gasteiger partial charge in [-0.15, -0.1) is 0 Å². The molecule has 0 aliphatic carbocycles. The fourth-order valence-corrected chi connectivity index (χ4v) is 3.10. The van der Waals surface area contributed by atoms with Gasteiger partial charge in [0.2, 0.25) is 0 Å². The molecule has 0 saturated carbocycles. The quantitative estimate of drug-likeness (QED) is 0.783. The lowest BCUT2D eigenvalue weighted by atomic mass is 9.98. The van der Waals surface area contributed by atoms with Crippen molar-refractivity contribution in [1.29, 1.82) is 0 Å². The van der Waals surface area contributed by atoms with Crippen molar-refractivity contribution >= 4 is 0 Å². The fraction of sp³-hybridized carbons (Fsp3) is 0.556. The van der Waals surface area contributed by atoms with Gasteiger partial charge in [-0.2, -0.15) is 18.3 Å². The monoisotopic (exact) mass is 369 g/mol. The minimum atomic E-state index is -4.33. The van der Waals surface area contributed by atoms with Crippen LogP contribution in [0.3, 0.4) is 0 Å². The SMILES string of the molecule is COc1ccc(Cc2nc(CC3CCCOC3)n(CC(F)(F)F)n2)cc1. The van der Waals surface area contributed by atoms with Crippen molar-refractivity contribution in [3.05, 3.63) is 41.5 Å². The predicted molar refractivity (Wildman–Crippen MR) is 89.1 cm³/mol. The summed E-state index contributed by atoms with van der Waals surface area (Å²) in [7, 11) is 1.58. The summed E-state index contributed by atoms with van der Waals surface area (Å²) in [6.07, 6.45) is -1.64. The number of nitrogens with zero attached hydrogens (tertiary/aromatic N) is 3. The van der Waals surface area contributed by atoms with E-state index in [-0.39, 0.29) is 5.92 Å². The number of benzene rings is 1. The molecule has 142 valence electrons. The number of ether oxygens (including phenoxy) is 2. The Morgan fingerprint density at radius 3 is 2.65 bits per heavy atom. The Bertz CT molecular complexity index is 707. The normalized spacial score (nSPS) is 18.1. The highest BCUT2D eigenvalue weighted by atomic mass is 19.4. The number of halogens is 3. The summed E-state index contributed by atoms with van der Waals surface area (Å²) >= 11 is 0. The third-order valence-corrected chi connectivity index (χ3v) is 4.37. The van der Waals surface area contributed by atoms with E-state index >= 15 is 0 Å². The van der Waals surface area contributed by atoms with Gasteiger partial charge in [0.15, 0.2) is 5.82 Å². The lowest BCUT2D eigenvalue weighted by Gasteiger charge is -2.21. The molecule has 26 heavy (non-hydrogen) atoms. The van der Waals surface area contributed by atoms with Crippen molar-refractivity contribution in [3.8, 4) is 5.75 Å². The van der Waals surface area contributed by atoms with Crippen LogP contribution in [0.1, 0.15) is 30.1 Å². The van der Waals surface area contributed by atoms with Gasteiger partial charge < -0.3 is 9.47 Å². The molecule has 8 heteroatoms. The molecule has 0 N–H and O–H groups in total. The zero-order valence-corrected chi connectivity index (χ0v) is 14.6. The number of hydrogen-bond donors (Lipinski definition) is 0. The zero-order valence-electron chi connectivity index (χ0n) is 14.6. The molecule has 0 bridgehead atoms. The highest BCUT2D eigenvalue weighted by Crippen LogP contribution is 2.22. The molecule has 1 aromatic heterocycles. The van der Waals surface area contributed by atoms with Crippen LogP contribution >= 0.6 is 0 Å². The molecular formula is C18H22F3N3O2. The van der Waals surface area contributed by atoms with E-state index in [1.807, 2.05) is 24.3 Å². The summed E-state index contributed by atoms with van der Waals surface area (Å²) in [6, 6.07) is 7.33. The molecule has 1 fully saturated rings. The first-order chi connectivity index (χ1) is 12.4. The van der Waals surface area contributed by atoms with Crippen LogP contribution in [0, 0.1) is 5.92 Å². The topological polar surface area (TPSA) is 49.2 Å². The Balaban J connectivity index is 1.77. The second-order valence-electron chi connectivity index (χ2n) is 6.53. The first-order valence-electron chi connectivity index (χ1n) is 8.63. The number of alkyl halides is 3. The molecule has 1 atom stereocenters. The van der Waals surface area contributed by atoms with Gasteiger partial charge in [-0.1, -0.05) is 12.1 Å². The molecule has 0 radical (unpaired) electrons. The van der Waals surface area contributed by atoms with Gasteiger partial charge in [0.1, 0.15) is 18.1 Å². The molecule has 0 spiro atoms. The van der Waals surface area contributed by atoms with Crippen molar-refractivity contribution in [3.63, 3.8) is 0 Å². The number of hydrogen-bond acceptors (Lipinski definition) is 4. The van der Waals surface area contributed by atoms with Crippen LogP contribution in [-0.2, 0) is 24.1 Å². The average molecular weight is 369 g/mol. The van der Waals surface area contributed by atoms with Crippen molar-refractivity contribution in [1.82, 2.24) is 14.8 Å². The standard InChI is InChI=1S/C18H22F3N3O2/c1-25-15-6-4-13(5-7-15)9-16-22-17(10-14-3-2-8-26-11-14)24(23-16)12-18(19,20)21/h4-7,14H,2-3,8-12H2,1H3. The highest BCUT2D eigenvalue weighted by Gasteiger charge is 2.31. The van der Waals surface area contributed by atoms with Gasteiger partial charge in [-0.25, -0.2) is 9.67 Å². The zero-order chi connectivity index (χ0) is 18.6. The van der Waals surface area contributed by atoms with E-state index in [4.69, 9.17) is 9.47 Å². The van der Waals surface area contributed by atoms with Gasteiger partial charge >= 0.3 is 6.18 Å². The van der Waals surface area contributed by atoms with Gasteiger partial charge in [-0.05, 0) is 36.5 Å². The van der Waals surface area contributed by atoms with Gasteiger partial charge in [-0.3, -0.25) is 0 Å². The number of methoxy groups -OCH3 is 1. The second kappa shape index (κ2) is 8.07. The van der Waals surface area contributed by atoms with Crippen molar-refractivity contribution in [2.75, 3.05) is 20.3 Å². The number of rotatable bonds is 6. The van der Waals surface area contributed by atoms with E-state index in [9.17, 15) is 13.2 Å². The van der Waals surface area contributed by atoms with Crippen LogP contribution in [0.2, 0.25) is 0 Å². The Hall–Kier alpha value is -2.09. The average Bonchev–Trinajstić information content (AvgIpc) is 2.95. The summed E-state index contributed by atoms with van der Waals surface area (Å²) in [5.74, 6) is 1.68. The Labute approximate surface area is 150 Å². The van der Waals surface area contributed by atoms with Gasteiger partial charge in [0.05, 0.1) is 7.11 Å². The Kier molecular flexibility index (Phi) is 5.80. The van der Waals surface area contributed by atoms with Gasteiger partial charge in [0, 0.05) is 26.1 Å². The van der Waals surface area contributed by atoms with Crippen LogP contribution < -0.4 is 4.74 Å². The molecular weight excluding hydrogens is 347 g/mol. The molecule has 3 rings (SSSR count). The maximum absolute atomic E-state index is 12.9. The second-order valence-corrected chi connectivity index (χ2v) is 6.53. The Morgan fingerprint density at radius 2 is 2.04 bits per heavy atom. The summed E-state index contributed by atoms with van der Waals surface area (Å²) in [5, 5.41) is 4.11. The van der Waals surface area contributed by atoms with Crippen LogP contribution in [0.25, 0.3) is 0 Å². The van der Waals surface area contributed by atoms with E-state index in [1.165, 1.54) is 0 Å². The van der Waals surface area contributed by atoms with Crippen molar-refractivity contribution in [2.24, 2.45) is 5.92 Å². The smallest absolute Gasteiger partial charge is 0.408 e. The van der Waals surface area contributed by atoms with E-state index < -0.39 is 12.7 Å². The van der Waals surface area contributed by atoms with Crippen LogP contribution in [0.15, 0.2) is 24.3 Å².